The van der Waals surface area contributed by atoms with Crippen molar-refractivity contribution in [1.29, 1.82) is 0 Å². The Morgan fingerprint density at radius 2 is 1.26 bits per heavy atom. The lowest BCUT2D eigenvalue weighted by Gasteiger charge is -2.30. The highest BCUT2D eigenvalue weighted by atomic mass is 19.2. The molecule has 0 spiro atoms. The summed E-state index contributed by atoms with van der Waals surface area (Å²) in [6.07, 6.45) is 5.32. The fraction of sp³-hybridized carbons (Fsp3) is 0.419. The van der Waals surface area contributed by atoms with Gasteiger partial charge in [0, 0.05) is 17.0 Å². The van der Waals surface area contributed by atoms with Crippen molar-refractivity contribution in [1.82, 2.24) is 0 Å². The monoisotopic (exact) mass is 530 g/mol. The molecule has 1 heterocycles. The molecule has 0 aliphatic carbocycles. The summed E-state index contributed by atoms with van der Waals surface area (Å²) in [5, 5.41) is 0. The predicted octanol–water partition coefficient (Wildman–Crippen LogP) is 8.79. The molecule has 0 N–H and O–H groups in total. The summed E-state index contributed by atoms with van der Waals surface area (Å²) >= 11 is 0. The number of rotatable bonds is 11. The van der Waals surface area contributed by atoms with Crippen molar-refractivity contribution in [3.8, 4) is 28.0 Å². The second-order valence-electron chi connectivity index (χ2n) is 9.64. The molecule has 0 unspecified atom stereocenters. The molecule has 0 saturated carbocycles. The SMILES string of the molecule is CCCCCC1OCC(c2ccc(-c3ccc(-c4ccc(OCCCC)c(F)c4F)cc3)c(F)c2F)CO1. The van der Waals surface area contributed by atoms with E-state index in [-0.39, 0.29) is 41.9 Å². The van der Waals surface area contributed by atoms with E-state index in [1.54, 1.807) is 30.3 Å². The Morgan fingerprint density at radius 3 is 1.87 bits per heavy atom. The van der Waals surface area contributed by atoms with E-state index in [1.807, 2.05) is 6.92 Å². The van der Waals surface area contributed by atoms with Crippen LogP contribution in [0.1, 0.15) is 63.9 Å². The zero-order valence-electron chi connectivity index (χ0n) is 21.9. The molecule has 204 valence electrons. The first-order chi connectivity index (χ1) is 18.4. The topological polar surface area (TPSA) is 27.7 Å². The number of hydrogen-bond donors (Lipinski definition) is 0. The molecule has 1 fully saturated rings. The van der Waals surface area contributed by atoms with Crippen LogP contribution in [-0.4, -0.2) is 26.1 Å². The minimum Gasteiger partial charge on any atom is -0.490 e. The van der Waals surface area contributed by atoms with Crippen LogP contribution in [0.4, 0.5) is 17.6 Å². The van der Waals surface area contributed by atoms with E-state index in [0.717, 1.165) is 38.5 Å². The number of unbranched alkanes of at least 4 members (excludes halogenated alkanes) is 3. The number of ether oxygens (including phenoxy) is 3. The van der Waals surface area contributed by atoms with E-state index >= 15 is 8.78 Å². The van der Waals surface area contributed by atoms with E-state index in [4.69, 9.17) is 14.2 Å². The van der Waals surface area contributed by atoms with Gasteiger partial charge in [-0.1, -0.05) is 69.5 Å². The average Bonchev–Trinajstić information content (AvgIpc) is 2.94. The Labute approximate surface area is 221 Å². The van der Waals surface area contributed by atoms with Crippen molar-refractivity contribution in [2.45, 2.75) is 64.6 Å². The Balaban J connectivity index is 1.47. The molecule has 1 saturated heterocycles. The van der Waals surface area contributed by atoms with Gasteiger partial charge in [-0.2, -0.15) is 4.39 Å². The molecule has 7 heteroatoms. The van der Waals surface area contributed by atoms with Crippen molar-refractivity contribution < 1.29 is 31.8 Å². The molecule has 1 aliphatic heterocycles. The van der Waals surface area contributed by atoms with Gasteiger partial charge in [0.2, 0.25) is 5.82 Å². The van der Waals surface area contributed by atoms with Gasteiger partial charge < -0.3 is 14.2 Å². The van der Waals surface area contributed by atoms with E-state index < -0.39 is 29.2 Å². The molecular weight excluding hydrogens is 496 g/mol. The smallest absolute Gasteiger partial charge is 0.201 e. The minimum atomic E-state index is -1.05. The van der Waals surface area contributed by atoms with Crippen LogP contribution in [0.3, 0.4) is 0 Å². The number of halogens is 4. The lowest BCUT2D eigenvalue weighted by Crippen LogP contribution is -2.31. The molecule has 0 aromatic heterocycles. The lowest BCUT2D eigenvalue weighted by atomic mass is 9.94. The van der Waals surface area contributed by atoms with Crippen LogP contribution in [0.15, 0.2) is 48.5 Å². The van der Waals surface area contributed by atoms with Gasteiger partial charge in [0.25, 0.3) is 0 Å². The van der Waals surface area contributed by atoms with Crippen LogP contribution in [0.25, 0.3) is 22.3 Å². The van der Waals surface area contributed by atoms with Gasteiger partial charge in [-0.3, -0.25) is 0 Å². The van der Waals surface area contributed by atoms with Gasteiger partial charge in [0.05, 0.1) is 19.8 Å². The number of benzene rings is 3. The third kappa shape index (κ3) is 6.38. The molecule has 0 atom stereocenters. The summed E-state index contributed by atoms with van der Waals surface area (Å²) in [5.74, 6) is -4.48. The highest BCUT2D eigenvalue weighted by molar-refractivity contribution is 5.72. The molecule has 0 amide bonds. The van der Waals surface area contributed by atoms with Gasteiger partial charge in [-0.05, 0) is 48.1 Å². The third-order valence-corrected chi connectivity index (χ3v) is 6.87. The summed E-state index contributed by atoms with van der Waals surface area (Å²) in [6.45, 7) is 4.95. The fourth-order valence-corrected chi connectivity index (χ4v) is 4.58. The Kier molecular flexibility index (Phi) is 9.80. The highest BCUT2D eigenvalue weighted by Gasteiger charge is 2.27. The van der Waals surface area contributed by atoms with E-state index in [0.29, 0.717) is 17.7 Å². The molecule has 1 aliphatic rings. The van der Waals surface area contributed by atoms with Gasteiger partial charge in [0.1, 0.15) is 0 Å². The van der Waals surface area contributed by atoms with Crippen LogP contribution >= 0.6 is 0 Å². The lowest BCUT2D eigenvalue weighted by molar-refractivity contribution is -0.190. The Morgan fingerprint density at radius 1 is 0.684 bits per heavy atom. The molecule has 3 aromatic carbocycles. The second-order valence-corrected chi connectivity index (χ2v) is 9.64. The Bertz CT molecular complexity index is 1200. The van der Waals surface area contributed by atoms with Crippen LogP contribution in [0.2, 0.25) is 0 Å². The van der Waals surface area contributed by atoms with E-state index in [1.165, 1.54) is 18.2 Å². The summed E-state index contributed by atoms with van der Waals surface area (Å²) in [6, 6.07) is 12.2. The van der Waals surface area contributed by atoms with Gasteiger partial charge in [-0.25, -0.2) is 13.2 Å². The van der Waals surface area contributed by atoms with Gasteiger partial charge in [-0.15, -0.1) is 0 Å². The van der Waals surface area contributed by atoms with Crippen molar-refractivity contribution >= 4 is 0 Å². The summed E-state index contributed by atoms with van der Waals surface area (Å²) < 4.78 is 76.2. The summed E-state index contributed by atoms with van der Waals surface area (Å²) in [5.41, 5.74) is 1.19. The van der Waals surface area contributed by atoms with Crippen LogP contribution in [0, 0.1) is 23.3 Å². The van der Waals surface area contributed by atoms with Crippen molar-refractivity contribution in [2.24, 2.45) is 0 Å². The van der Waals surface area contributed by atoms with E-state index in [2.05, 4.69) is 6.92 Å². The van der Waals surface area contributed by atoms with Crippen LogP contribution < -0.4 is 4.74 Å². The molecule has 3 aromatic rings. The van der Waals surface area contributed by atoms with Crippen molar-refractivity contribution in [3.63, 3.8) is 0 Å². The fourth-order valence-electron chi connectivity index (χ4n) is 4.58. The average molecular weight is 531 g/mol. The molecule has 38 heavy (non-hydrogen) atoms. The van der Waals surface area contributed by atoms with Gasteiger partial charge in [0.15, 0.2) is 29.5 Å². The quantitative estimate of drug-likeness (QED) is 0.183. The normalized spacial score (nSPS) is 17.5. The van der Waals surface area contributed by atoms with Crippen LogP contribution in [-0.2, 0) is 9.47 Å². The predicted molar refractivity (Wildman–Crippen MR) is 140 cm³/mol. The first kappa shape index (κ1) is 28.1. The van der Waals surface area contributed by atoms with Gasteiger partial charge >= 0.3 is 0 Å². The summed E-state index contributed by atoms with van der Waals surface area (Å²) in [4.78, 5) is 0. The zero-order chi connectivity index (χ0) is 27.1. The number of hydrogen-bond acceptors (Lipinski definition) is 3. The second kappa shape index (κ2) is 13.3. The van der Waals surface area contributed by atoms with Crippen molar-refractivity contribution in [3.05, 3.63) is 77.4 Å². The molecule has 0 radical (unpaired) electrons. The Hall–Kier alpha value is -2.90. The van der Waals surface area contributed by atoms with E-state index in [9.17, 15) is 8.78 Å². The minimum absolute atomic E-state index is 0.0594. The highest BCUT2D eigenvalue weighted by Crippen LogP contribution is 2.34. The molecule has 0 bridgehead atoms. The molecule has 3 nitrogen and oxygen atoms in total. The largest absolute Gasteiger partial charge is 0.490 e. The molecular formula is C31H34F4O3. The first-order valence-electron chi connectivity index (χ1n) is 13.4. The van der Waals surface area contributed by atoms with Crippen LogP contribution in [0.5, 0.6) is 5.75 Å². The maximum atomic E-state index is 15.1. The maximum Gasteiger partial charge on any atom is 0.201 e. The summed E-state index contributed by atoms with van der Waals surface area (Å²) in [7, 11) is 0. The maximum absolute atomic E-state index is 15.1. The third-order valence-electron chi connectivity index (χ3n) is 6.87. The zero-order valence-corrected chi connectivity index (χ0v) is 21.9. The first-order valence-corrected chi connectivity index (χ1v) is 13.4. The standard InChI is InChI=1S/C31H34F4O3/c1-3-5-7-8-27-37-18-22(19-38-27)25-14-13-23(28(32)29(25)33)20-9-11-21(12-10-20)24-15-16-26(31(35)30(24)34)36-17-6-4-2/h9-16,22,27H,3-8,17-19H2,1-2H3. The molecule has 4 rings (SSSR count). The van der Waals surface area contributed by atoms with Crippen molar-refractivity contribution in [2.75, 3.05) is 19.8 Å².